The quantitative estimate of drug-likeness (QED) is 0.748. The minimum absolute atomic E-state index is 0.0897. The fourth-order valence-electron chi connectivity index (χ4n) is 2.55. The number of carbonyl (C=O) groups excluding carboxylic acids is 1. The summed E-state index contributed by atoms with van der Waals surface area (Å²) in [4.78, 5) is 16.7. The number of nitrogens with zero attached hydrogens (tertiary/aromatic N) is 1. The topological polar surface area (TPSA) is 51.2 Å². The summed E-state index contributed by atoms with van der Waals surface area (Å²) >= 11 is 0. The van der Waals surface area contributed by atoms with E-state index in [-0.39, 0.29) is 5.91 Å². The number of benzene rings is 2. The van der Waals surface area contributed by atoms with Crippen molar-refractivity contribution >= 4 is 5.91 Å². The molecule has 25 heavy (non-hydrogen) atoms. The van der Waals surface area contributed by atoms with Gasteiger partial charge in [-0.05, 0) is 36.2 Å². The Morgan fingerprint density at radius 3 is 2.52 bits per heavy atom. The standard InChI is InChI=1S/C21H20N2O2/c1-25-19-9-7-16(8-10-19)11-13-23-21(24)18-12-14-22-20(15-18)17-5-3-2-4-6-17/h2-10,12,14-15H,11,13H2,1H3,(H,23,24). The molecule has 1 amide bonds. The first-order chi connectivity index (χ1) is 12.3. The highest BCUT2D eigenvalue weighted by atomic mass is 16.5. The normalized spacial score (nSPS) is 10.3. The number of rotatable bonds is 6. The van der Waals surface area contributed by atoms with Crippen molar-refractivity contribution in [2.75, 3.05) is 13.7 Å². The van der Waals surface area contributed by atoms with Gasteiger partial charge in [0.05, 0.1) is 12.8 Å². The van der Waals surface area contributed by atoms with Crippen LogP contribution in [0.1, 0.15) is 15.9 Å². The number of amides is 1. The monoisotopic (exact) mass is 332 g/mol. The van der Waals surface area contributed by atoms with Crippen LogP contribution in [0.3, 0.4) is 0 Å². The molecule has 4 nitrogen and oxygen atoms in total. The molecule has 0 atom stereocenters. The van der Waals surface area contributed by atoms with Gasteiger partial charge in [-0.3, -0.25) is 9.78 Å². The molecule has 126 valence electrons. The molecule has 0 radical (unpaired) electrons. The van der Waals surface area contributed by atoms with Gasteiger partial charge in [0, 0.05) is 23.9 Å². The summed E-state index contributed by atoms with van der Waals surface area (Å²) in [7, 11) is 1.65. The van der Waals surface area contributed by atoms with E-state index in [2.05, 4.69) is 10.3 Å². The molecule has 0 saturated carbocycles. The Morgan fingerprint density at radius 1 is 1.04 bits per heavy atom. The van der Waals surface area contributed by atoms with Crippen molar-refractivity contribution in [3.8, 4) is 17.0 Å². The van der Waals surface area contributed by atoms with Crippen LogP contribution in [0.2, 0.25) is 0 Å². The molecule has 0 aliphatic heterocycles. The largest absolute Gasteiger partial charge is 0.497 e. The number of hydrogen-bond acceptors (Lipinski definition) is 3. The second-order valence-corrected chi connectivity index (χ2v) is 5.65. The molecule has 0 unspecified atom stereocenters. The van der Waals surface area contributed by atoms with E-state index in [1.165, 1.54) is 0 Å². The molecule has 1 heterocycles. The molecule has 3 aromatic rings. The second kappa shape index (κ2) is 8.11. The number of hydrogen-bond donors (Lipinski definition) is 1. The maximum Gasteiger partial charge on any atom is 0.251 e. The number of methoxy groups -OCH3 is 1. The van der Waals surface area contributed by atoms with E-state index in [0.29, 0.717) is 12.1 Å². The lowest BCUT2D eigenvalue weighted by molar-refractivity contribution is 0.0954. The van der Waals surface area contributed by atoms with Crippen molar-refractivity contribution in [1.29, 1.82) is 0 Å². The average molecular weight is 332 g/mol. The second-order valence-electron chi connectivity index (χ2n) is 5.65. The Kier molecular flexibility index (Phi) is 5.42. The van der Waals surface area contributed by atoms with Gasteiger partial charge in [0.15, 0.2) is 0 Å². The highest BCUT2D eigenvalue weighted by Gasteiger charge is 2.07. The lowest BCUT2D eigenvalue weighted by Crippen LogP contribution is -2.25. The van der Waals surface area contributed by atoms with Crippen LogP contribution in [0.4, 0.5) is 0 Å². The van der Waals surface area contributed by atoms with Crippen molar-refractivity contribution < 1.29 is 9.53 Å². The zero-order valence-electron chi connectivity index (χ0n) is 14.1. The van der Waals surface area contributed by atoms with Crippen molar-refractivity contribution in [2.24, 2.45) is 0 Å². The number of carbonyl (C=O) groups is 1. The molecule has 0 bridgehead atoms. The summed E-state index contributed by atoms with van der Waals surface area (Å²) in [5.41, 5.74) is 3.56. The van der Waals surface area contributed by atoms with Gasteiger partial charge in [-0.1, -0.05) is 42.5 Å². The van der Waals surface area contributed by atoms with E-state index in [9.17, 15) is 4.79 Å². The van der Waals surface area contributed by atoms with Crippen LogP contribution in [0.25, 0.3) is 11.3 Å². The summed E-state index contributed by atoms with van der Waals surface area (Å²) in [5, 5.41) is 2.96. The van der Waals surface area contributed by atoms with Gasteiger partial charge in [-0.25, -0.2) is 0 Å². The summed E-state index contributed by atoms with van der Waals surface area (Å²) in [5.74, 6) is 0.742. The molecule has 0 aliphatic rings. The van der Waals surface area contributed by atoms with E-state index >= 15 is 0 Å². The summed E-state index contributed by atoms with van der Waals surface area (Å²) < 4.78 is 5.14. The molecule has 0 aliphatic carbocycles. The SMILES string of the molecule is COc1ccc(CCNC(=O)c2ccnc(-c3ccccc3)c2)cc1. The van der Waals surface area contributed by atoms with Crippen LogP contribution in [0, 0.1) is 0 Å². The molecular formula is C21H20N2O2. The van der Waals surface area contributed by atoms with Crippen molar-refractivity contribution in [3.05, 3.63) is 84.1 Å². The van der Waals surface area contributed by atoms with E-state index in [4.69, 9.17) is 4.74 Å². The molecule has 1 aromatic heterocycles. The molecule has 4 heteroatoms. The van der Waals surface area contributed by atoms with Gasteiger partial charge in [0.1, 0.15) is 5.75 Å². The van der Waals surface area contributed by atoms with Crippen LogP contribution < -0.4 is 10.1 Å². The average Bonchev–Trinajstić information content (AvgIpc) is 2.69. The van der Waals surface area contributed by atoms with Crippen LogP contribution in [-0.2, 0) is 6.42 Å². The Morgan fingerprint density at radius 2 is 1.80 bits per heavy atom. The van der Waals surface area contributed by atoms with Crippen LogP contribution in [0.5, 0.6) is 5.75 Å². The fraction of sp³-hybridized carbons (Fsp3) is 0.143. The third-order valence-electron chi connectivity index (χ3n) is 3.95. The van der Waals surface area contributed by atoms with Crippen LogP contribution in [-0.4, -0.2) is 24.5 Å². The zero-order valence-corrected chi connectivity index (χ0v) is 14.1. The Hall–Kier alpha value is -3.14. The Labute approximate surface area is 147 Å². The summed E-state index contributed by atoms with van der Waals surface area (Å²) in [6, 6.07) is 21.2. The summed E-state index contributed by atoms with van der Waals surface area (Å²) in [6.45, 7) is 0.578. The maximum atomic E-state index is 12.4. The van der Waals surface area contributed by atoms with Gasteiger partial charge in [0.2, 0.25) is 0 Å². The molecule has 1 N–H and O–H groups in total. The van der Waals surface area contributed by atoms with Crippen LogP contribution >= 0.6 is 0 Å². The minimum atomic E-state index is -0.0897. The number of pyridine rings is 1. The van der Waals surface area contributed by atoms with E-state index in [1.54, 1.807) is 19.4 Å². The van der Waals surface area contributed by atoms with Crippen molar-refractivity contribution in [3.63, 3.8) is 0 Å². The van der Waals surface area contributed by atoms with Crippen molar-refractivity contribution in [1.82, 2.24) is 10.3 Å². The first kappa shape index (κ1) is 16.7. The molecule has 2 aromatic carbocycles. The van der Waals surface area contributed by atoms with Crippen LogP contribution in [0.15, 0.2) is 72.9 Å². The Bertz CT molecular complexity index is 830. The predicted octanol–water partition coefficient (Wildman–Crippen LogP) is 3.73. The summed E-state index contributed by atoms with van der Waals surface area (Å²) in [6.07, 6.45) is 2.44. The first-order valence-electron chi connectivity index (χ1n) is 8.19. The molecule has 3 rings (SSSR count). The lowest BCUT2D eigenvalue weighted by atomic mass is 10.1. The molecular weight excluding hydrogens is 312 g/mol. The highest BCUT2D eigenvalue weighted by molar-refractivity contribution is 5.95. The van der Waals surface area contributed by atoms with Gasteiger partial charge >= 0.3 is 0 Å². The maximum absolute atomic E-state index is 12.4. The Balaban J connectivity index is 1.59. The van der Waals surface area contributed by atoms with Gasteiger partial charge in [-0.2, -0.15) is 0 Å². The predicted molar refractivity (Wildman–Crippen MR) is 98.7 cm³/mol. The van der Waals surface area contributed by atoms with E-state index in [1.807, 2.05) is 60.7 Å². The van der Waals surface area contributed by atoms with E-state index in [0.717, 1.165) is 29.0 Å². The van der Waals surface area contributed by atoms with Gasteiger partial charge in [0.25, 0.3) is 5.91 Å². The fourth-order valence-corrected chi connectivity index (χ4v) is 2.55. The van der Waals surface area contributed by atoms with Gasteiger partial charge < -0.3 is 10.1 Å². The molecule has 0 saturated heterocycles. The number of nitrogens with one attached hydrogen (secondary N) is 1. The zero-order chi connectivity index (χ0) is 17.5. The van der Waals surface area contributed by atoms with E-state index < -0.39 is 0 Å². The third kappa shape index (κ3) is 4.44. The lowest BCUT2D eigenvalue weighted by Gasteiger charge is -2.07. The first-order valence-corrected chi connectivity index (χ1v) is 8.19. The minimum Gasteiger partial charge on any atom is -0.497 e. The number of aromatic nitrogens is 1. The molecule has 0 fully saturated rings. The smallest absolute Gasteiger partial charge is 0.251 e. The van der Waals surface area contributed by atoms with Crippen molar-refractivity contribution in [2.45, 2.75) is 6.42 Å². The number of ether oxygens (including phenoxy) is 1. The third-order valence-corrected chi connectivity index (χ3v) is 3.95. The molecule has 0 spiro atoms. The highest BCUT2D eigenvalue weighted by Crippen LogP contribution is 2.17. The van der Waals surface area contributed by atoms with Gasteiger partial charge in [-0.15, -0.1) is 0 Å².